The molecule has 0 aliphatic heterocycles. The third-order valence-electron chi connectivity index (χ3n) is 4.61. The van der Waals surface area contributed by atoms with Crippen LogP contribution >= 0.6 is 11.6 Å². The van der Waals surface area contributed by atoms with E-state index < -0.39 is 0 Å². The highest BCUT2D eigenvalue weighted by atomic mass is 35.5. The molecule has 0 aromatic carbocycles. The standard InChI is InChI=1S/C16H28ClN3/c1-11(2)18-9-12-6-7-16(3,4)8-13(12)15-14(17)10-19-20(15)5/h10-13,18H,6-9H2,1-5H3. The quantitative estimate of drug-likeness (QED) is 0.911. The van der Waals surface area contributed by atoms with Gasteiger partial charge < -0.3 is 5.32 Å². The first kappa shape index (κ1) is 15.8. The molecule has 20 heavy (non-hydrogen) atoms. The summed E-state index contributed by atoms with van der Waals surface area (Å²) >= 11 is 6.40. The average Bonchev–Trinajstić information content (AvgIpc) is 2.66. The van der Waals surface area contributed by atoms with E-state index in [1.807, 2.05) is 11.7 Å². The number of nitrogens with zero attached hydrogens (tertiary/aromatic N) is 2. The SMILES string of the molecule is CC(C)NCC1CCC(C)(C)CC1c1c(Cl)cnn1C. The second-order valence-corrected chi connectivity index (χ2v) is 7.75. The Kier molecular flexibility index (Phi) is 4.80. The van der Waals surface area contributed by atoms with E-state index in [0.29, 0.717) is 23.3 Å². The zero-order valence-electron chi connectivity index (χ0n) is 13.4. The topological polar surface area (TPSA) is 29.9 Å². The van der Waals surface area contributed by atoms with Gasteiger partial charge in [0.2, 0.25) is 0 Å². The molecule has 114 valence electrons. The molecule has 0 amide bonds. The molecule has 2 atom stereocenters. The van der Waals surface area contributed by atoms with Crippen LogP contribution in [0.2, 0.25) is 5.02 Å². The minimum atomic E-state index is 0.395. The fraction of sp³-hybridized carbons (Fsp3) is 0.812. The van der Waals surface area contributed by atoms with Crippen LogP contribution in [0.3, 0.4) is 0 Å². The molecule has 1 fully saturated rings. The first-order chi connectivity index (χ1) is 9.30. The second-order valence-electron chi connectivity index (χ2n) is 7.34. The highest BCUT2D eigenvalue weighted by molar-refractivity contribution is 6.31. The number of rotatable bonds is 4. The fourth-order valence-electron chi connectivity index (χ4n) is 3.43. The lowest BCUT2D eigenvalue weighted by molar-refractivity contribution is 0.153. The predicted octanol–water partition coefficient (Wildman–Crippen LogP) is 3.98. The van der Waals surface area contributed by atoms with Crippen LogP contribution in [0.5, 0.6) is 0 Å². The summed E-state index contributed by atoms with van der Waals surface area (Å²) in [5.74, 6) is 1.16. The highest BCUT2D eigenvalue weighted by Crippen LogP contribution is 2.47. The van der Waals surface area contributed by atoms with Crippen molar-refractivity contribution in [3.05, 3.63) is 16.9 Å². The molecule has 1 heterocycles. The molecule has 1 aliphatic rings. The summed E-state index contributed by atoms with van der Waals surface area (Å²) in [5.41, 5.74) is 1.61. The molecular weight excluding hydrogens is 270 g/mol. The Bertz CT molecular complexity index is 429. The van der Waals surface area contributed by atoms with Crippen molar-refractivity contribution in [2.45, 2.75) is 58.9 Å². The summed E-state index contributed by atoms with van der Waals surface area (Å²) in [5, 5.41) is 8.76. The molecule has 3 nitrogen and oxygen atoms in total. The van der Waals surface area contributed by atoms with Crippen LogP contribution in [0.1, 0.15) is 58.6 Å². The summed E-state index contributed by atoms with van der Waals surface area (Å²) in [4.78, 5) is 0. The van der Waals surface area contributed by atoms with Gasteiger partial charge in [-0.15, -0.1) is 0 Å². The van der Waals surface area contributed by atoms with E-state index in [0.717, 1.165) is 11.6 Å². The number of aromatic nitrogens is 2. The van der Waals surface area contributed by atoms with Gasteiger partial charge >= 0.3 is 0 Å². The van der Waals surface area contributed by atoms with Crippen LogP contribution in [-0.2, 0) is 7.05 Å². The Balaban J connectivity index is 2.22. The van der Waals surface area contributed by atoms with Crippen molar-refractivity contribution in [2.24, 2.45) is 18.4 Å². The maximum Gasteiger partial charge on any atom is 0.0820 e. The molecule has 2 unspecified atom stereocenters. The van der Waals surface area contributed by atoms with Crippen LogP contribution < -0.4 is 5.32 Å². The number of halogens is 1. The average molecular weight is 298 g/mol. The first-order valence-corrected chi connectivity index (χ1v) is 8.09. The Hall–Kier alpha value is -0.540. The summed E-state index contributed by atoms with van der Waals surface area (Å²) < 4.78 is 1.97. The number of hydrogen-bond donors (Lipinski definition) is 1. The van der Waals surface area contributed by atoms with Crippen molar-refractivity contribution in [1.29, 1.82) is 0 Å². The van der Waals surface area contributed by atoms with Gasteiger partial charge in [0.1, 0.15) is 0 Å². The van der Waals surface area contributed by atoms with E-state index >= 15 is 0 Å². The minimum absolute atomic E-state index is 0.395. The Morgan fingerprint density at radius 3 is 2.75 bits per heavy atom. The van der Waals surface area contributed by atoms with Crippen LogP contribution in [0.15, 0.2) is 6.20 Å². The van der Waals surface area contributed by atoms with Crippen LogP contribution in [0.25, 0.3) is 0 Å². The Morgan fingerprint density at radius 1 is 1.50 bits per heavy atom. The lowest BCUT2D eigenvalue weighted by atomic mass is 9.66. The summed E-state index contributed by atoms with van der Waals surface area (Å²) in [6, 6.07) is 0.535. The largest absolute Gasteiger partial charge is 0.314 e. The second kappa shape index (κ2) is 6.07. The van der Waals surface area contributed by atoms with Crippen molar-refractivity contribution in [2.75, 3.05) is 6.54 Å². The van der Waals surface area contributed by atoms with Crippen LogP contribution in [0, 0.1) is 11.3 Å². The zero-order chi connectivity index (χ0) is 14.9. The molecule has 1 aromatic rings. The van der Waals surface area contributed by atoms with Gasteiger partial charge in [-0.1, -0.05) is 39.3 Å². The molecule has 2 rings (SSSR count). The van der Waals surface area contributed by atoms with Gasteiger partial charge in [-0.2, -0.15) is 5.10 Å². The zero-order valence-corrected chi connectivity index (χ0v) is 14.2. The van der Waals surface area contributed by atoms with Crippen molar-refractivity contribution >= 4 is 11.6 Å². The number of hydrogen-bond acceptors (Lipinski definition) is 2. The molecule has 0 spiro atoms. The van der Waals surface area contributed by atoms with Gasteiger partial charge in [0, 0.05) is 19.0 Å². The molecule has 4 heteroatoms. The third kappa shape index (κ3) is 3.56. The molecular formula is C16H28ClN3. The van der Waals surface area contributed by atoms with Crippen molar-refractivity contribution in [1.82, 2.24) is 15.1 Å². The normalized spacial score (nSPS) is 26.1. The van der Waals surface area contributed by atoms with E-state index in [1.54, 1.807) is 6.20 Å². The van der Waals surface area contributed by atoms with Gasteiger partial charge in [0.25, 0.3) is 0 Å². The maximum absolute atomic E-state index is 6.40. The molecule has 1 aromatic heterocycles. The minimum Gasteiger partial charge on any atom is -0.314 e. The summed E-state index contributed by atoms with van der Waals surface area (Å²) in [7, 11) is 2.01. The number of nitrogens with one attached hydrogen (secondary N) is 1. The lowest BCUT2D eigenvalue weighted by Gasteiger charge is -2.41. The molecule has 0 bridgehead atoms. The van der Waals surface area contributed by atoms with E-state index in [4.69, 9.17) is 11.6 Å². The maximum atomic E-state index is 6.40. The molecule has 0 radical (unpaired) electrons. The van der Waals surface area contributed by atoms with E-state index in [2.05, 4.69) is 38.1 Å². The molecule has 1 N–H and O–H groups in total. The van der Waals surface area contributed by atoms with Gasteiger partial charge in [-0.3, -0.25) is 4.68 Å². The fourth-order valence-corrected chi connectivity index (χ4v) is 3.74. The van der Waals surface area contributed by atoms with Gasteiger partial charge in [-0.05, 0) is 37.1 Å². The molecule has 0 saturated heterocycles. The predicted molar refractivity (Wildman–Crippen MR) is 85.2 cm³/mol. The highest BCUT2D eigenvalue weighted by Gasteiger charge is 2.37. The van der Waals surface area contributed by atoms with Gasteiger partial charge in [0.05, 0.1) is 16.9 Å². The molecule has 1 aliphatic carbocycles. The van der Waals surface area contributed by atoms with E-state index in [1.165, 1.54) is 25.0 Å². The van der Waals surface area contributed by atoms with Crippen molar-refractivity contribution in [3.8, 4) is 0 Å². The summed E-state index contributed by atoms with van der Waals surface area (Å²) in [6.45, 7) is 10.2. The lowest BCUT2D eigenvalue weighted by Crippen LogP contribution is -2.37. The first-order valence-electron chi connectivity index (χ1n) is 7.71. The monoisotopic (exact) mass is 297 g/mol. The summed E-state index contributed by atoms with van der Waals surface area (Å²) in [6.07, 6.45) is 5.53. The van der Waals surface area contributed by atoms with Crippen molar-refractivity contribution in [3.63, 3.8) is 0 Å². The van der Waals surface area contributed by atoms with Crippen LogP contribution in [-0.4, -0.2) is 22.4 Å². The van der Waals surface area contributed by atoms with Gasteiger partial charge in [-0.25, -0.2) is 0 Å². The smallest absolute Gasteiger partial charge is 0.0820 e. The third-order valence-corrected chi connectivity index (χ3v) is 4.90. The molecule has 1 saturated carbocycles. The van der Waals surface area contributed by atoms with E-state index in [9.17, 15) is 0 Å². The Morgan fingerprint density at radius 2 is 2.20 bits per heavy atom. The van der Waals surface area contributed by atoms with Gasteiger partial charge in [0.15, 0.2) is 0 Å². The van der Waals surface area contributed by atoms with E-state index in [-0.39, 0.29) is 0 Å². The Labute approximate surface area is 128 Å². The van der Waals surface area contributed by atoms with Crippen LogP contribution in [0.4, 0.5) is 0 Å². The number of aryl methyl sites for hydroxylation is 1. The van der Waals surface area contributed by atoms with Crippen molar-refractivity contribution < 1.29 is 0 Å².